The minimum Gasteiger partial charge on any atom is -0.486 e. The number of hydrogen-bond donors (Lipinski definition) is 1. The van der Waals surface area contributed by atoms with Gasteiger partial charge in [0.05, 0.1) is 6.04 Å². The molecule has 7 heteroatoms. The second-order valence-electron chi connectivity index (χ2n) is 5.18. The summed E-state index contributed by atoms with van der Waals surface area (Å²) >= 11 is 0. The largest absolute Gasteiger partial charge is 0.486 e. The molecule has 0 radical (unpaired) electrons. The fourth-order valence-corrected chi connectivity index (χ4v) is 2.28. The maximum atomic E-state index is 12.3. The second-order valence-corrected chi connectivity index (χ2v) is 5.18. The van der Waals surface area contributed by atoms with Gasteiger partial charge in [0.25, 0.3) is 0 Å². The smallest absolute Gasteiger partial charge is 0.245 e. The van der Waals surface area contributed by atoms with Crippen LogP contribution < -0.4 is 14.8 Å². The van der Waals surface area contributed by atoms with Gasteiger partial charge in [0.2, 0.25) is 5.91 Å². The number of nitrogens with one attached hydrogen (secondary N) is 1. The van der Waals surface area contributed by atoms with Crippen molar-refractivity contribution < 1.29 is 14.3 Å². The number of nitrogens with zero attached hydrogens (tertiary/aromatic N) is 3. The Labute approximate surface area is 128 Å². The van der Waals surface area contributed by atoms with E-state index in [0.717, 1.165) is 11.3 Å². The zero-order chi connectivity index (χ0) is 15.5. The quantitative estimate of drug-likeness (QED) is 0.925. The molecular formula is C15H18N4O3. The molecule has 0 saturated heterocycles. The van der Waals surface area contributed by atoms with Crippen molar-refractivity contribution >= 4 is 5.91 Å². The molecule has 0 saturated carbocycles. The Kier molecular flexibility index (Phi) is 3.95. The first-order valence-corrected chi connectivity index (χ1v) is 7.19. The van der Waals surface area contributed by atoms with Crippen LogP contribution in [-0.2, 0) is 4.79 Å². The number of benzene rings is 1. The van der Waals surface area contributed by atoms with Crippen molar-refractivity contribution in [3.63, 3.8) is 0 Å². The van der Waals surface area contributed by atoms with Crippen LogP contribution in [-0.4, -0.2) is 33.9 Å². The van der Waals surface area contributed by atoms with E-state index in [4.69, 9.17) is 9.47 Å². The number of rotatable bonds is 4. The molecule has 0 bridgehead atoms. The lowest BCUT2D eigenvalue weighted by Gasteiger charge is -2.22. The maximum Gasteiger partial charge on any atom is 0.245 e. The van der Waals surface area contributed by atoms with Crippen molar-refractivity contribution in [2.24, 2.45) is 0 Å². The van der Waals surface area contributed by atoms with Crippen LogP contribution in [0.2, 0.25) is 0 Å². The summed E-state index contributed by atoms with van der Waals surface area (Å²) in [5.74, 6) is 1.34. The van der Waals surface area contributed by atoms with Gasteiger partial charge in [-0.05, 0) is 31.5 Å². The highest BCUT2D eigenvalue weighted by molar-refractivity contribution is 5.80. The Morgan fingerprint density at radius 3 is 2.77 bits per heavy atom. The van der Waals surface area contributed by atoms with Crippen LogP contribution in [0.3, 0.4) is 0 Å². The molecular weight excluding hydrogens is 284 g/mol. The van der Waals surface area contributed by atoms with Gasteiger partial charge >= 0.3 is 0 Å². The Bertz CT molecular complexity index is 657. The summed E-state index contributed by atoms with van der Waals surface area (Å²) in [6.07, 6.45) is 2.94. The molecule has 1 aromatic carbocycles. The van der Waals surface area contributed by atoms with E-state index in [1.54, 1.807) is 6.92 Å². The summed E-state index contributed by atoms with van der Waals surface area (Å²) in [5, 5.41) is 6.95. The Balaban J connectivity index is 1.69. The summed E-state index contributed by atoms with van der Waals surface area (Å²) < 4.78 is 12.6. The SMILES string of the molecule is C[C@@H](NC(=O)[C@H](C)n1cncn1)c1ccc2c(c1)OCCO2. The van der Waals surface area contributed by atoms with Crippen LogP contribution in [0.15, 0.2) is 30.9 Å². The van der Waals surface area contributed by atoms with Crippen molar-refractivity contribution in [1.29, 1.82) is 0 Å². The maximum absolute atomic E-state index is 12.3. The summed E-state index contributed by atoms with van der Waals surface area (Å²) in [4.78, 5) is 16.1. The first-order valence-electron chi connectivity index (χ1n) is 7.19. The van der Waals surface area contributed by atoms with E-state index in [9.17, 15) is 4.79 Å². The van der Waals surface area contributed by atoms with E-state index in [0.29, 0.717) is 19.0 Å². The Hall–Kier alpha value is -2.57. The van der Waals surface area contributed by atoms with E-state index in [1.165, 1.54) is 17.3 Å². The summed E-state index contributed by atoms with van der Waals surface area (Å²) in [6.45, 7) is 4.81. The highest BCUT2D eigenvalue weighted by atomic mass is 16.6. The van der Waals surface area contributed by atoms with Crippen molar-refractivity contribution in [3.8, 4) is 11.5 Å². The van der Waals surface area contributed by atoms with Gasteiger partial charge in [0.15, 0.2) is 11.5 Å². The number of fused-ring (bicyclic) bond motifs is 1. The molecule has 0 aliphatic carbocycles. The molecule has 0 fully saturated rings. The predicted octanol–water partition coefficient (Wildman–Crippen LogP) is 1.49. The molecule has 116 valence electrons. The average Bonchev–Trinajstić information content (AvgIpc) is 3.08. The molecule has 1 aliphatic rings. The zero-order valence-electron chi connectivity index (χ0n) is 12.5. The Morgan fingerprint density at radius 1 is 1.27 bits per heavy atom. The predicted molar refractivity (Wildman–Crippen MR) is 78.7 cm³/mol. The standard InChI is InChI=1S/C15H18N4O3/c1-10(18-15(20)11(2)19-9-16-8-17-19)12-3-4-13-14(7-12)22-6-5-21-13/h3-4,7-11H,5-6H2,1-2H3,(H,18,20)/t10-,11+/m1/s1. The van der Waals surface area contributed by atoms with Crippen LogP contribution in [0.5, 0.6) is 11.5 Å². The van der Waals surface area contributed by atoms with Crippen molar-refractivity contribution in [3.05, 3.63) is 36.4 Å². The lowest BCUT2D eigenvalue weighted by molar-refractivity contribution is -0.124. The monoisotopic (exact) mass is 302 g/mol. The average molecular weight is 302 g/mol. The zero-order valence-corrected chi connectivity index (χ0v) is 12.5. The molecule has 1 aliphatic heterocycles. The molecule has 1 aromatic heterocycles. The Morgan fingerprint density at radius 2 is 2.05 bits per heavy atom. The molecule has 3 rings (SSSR count). The van der Waals surface area contributed by atoms with E-state index in [1.807, 2.05) is 25.1 Å². The summed E-state index contributed by atoms with van der Waals surface area (Å²) in [7, 11) is 0. The van der Waals surface area contributed by atoms with Gasteiger partial charge in [-0.3, -0.25) is 4.79 Å². The first-order chi connectivity index (χ1) is 10.6. The van der Waals surface area contributed by atoms with Crippen LogP contribution in [0.4, 0.5) is 0 Å². The number of carbonyl (C=O) groups excluding carboxylic acids is 1. The normalized spacial score (nSPS) is 15.9. The van der Waals surface area contributed by atoms with Crippen LogP contribution in [0, 0.1) is 0 Å². The first kappa shape index (κ1) is 14.4. The molecule has 1 N–H and O–H groups in total. The van der Waals surface area contributed by atoms with Gasteiger partial charge in [-0.15, -0.1) is 0 Å². The molecule has 0 spiro atoms. The number of ether oxygens (including phenoxy) is 2. The van der Waals surface area contributed by atoms with Crippen molar-refractivity contribution in [2.75, 3.05) is 13.2 Å². The number of carbonyl (C=O) groups is 1. The number of aromatic nitrogens is 3. The fourth-order valence-electron chi connectivity index (χ4n) is 2.28. The van der Waals surface area contributed by atoms with E-state index in [2.05, 4.69) is 15.4 Å². The number of amides is 1. The lowest BCUT2D eigenvalue weighted by Crippen LogP contribution is -2.33. The van der Waals surface area contributed by atoms with Crippen molar-refractivity contribution in [1.82, 2.24) is 20.1 Å². The van der Waals surface area contributed by atoms with Gasteiger partial charge in [-0.2, -0.15) is 5.10 Å². The summed E-state index contributed by atoms with van der Waals surface area (Å²) in [6, 6.07) is 5.14. The van der Waals surface area contributed by atoms with Crippen LogP contribution >= 0.6 is 0 Å². The van der Waals surface area contributed by atoms with Crippen molar-refractivity contribution in [2.45, 2.75) is 25.9 Å². The third-order valence-corrected chi connectivity index (χ3v) is 3.64. The van der Waals surface area contributed by atoms with Gasteiger partial charge in [-0.1, -0.05) is 6.07 Å². The molecule has 2 atom stereocenters. The molecule has 22 heavy (non-hydrogen) atoms. The number of hydrogen-bond acceptors (Lipinski definition) is 5. The molecule has 7 nitrogen and oxygen atoms in total. The molecule has 1 amide bonds. The van der Waals surface area contributed by atoms with Crippen LogP contribution in [0.25, 0.3) is 0 Å². The highest BCUT2D eigenvalue weighted by Crippen LogP contribution is 2.32. The van der Waals surface area contributed by atoms with E-state index < -0.39 is 6.04 Å². The van der Waals surface area contributed by atoms with Gasteiger partial charge in [0.1, 0.15) is 31.9 Å². The topological polar surface area (TPSA) is 78.3 Å². The second kappa shape index (κ2) is 6.05. The van der Waals surface area contributed by atoms with E-state index >= 15 is 0 Å². The van der Waals surface area contributed by atoms with Crippen LogP contribution in [0.1, 0.15) is 31.5 Å². The minimum atomic E-state index is -0.415. The van der Waals surface area contributed by atoms with E-state index in [-0.39, 0.29) is 11.9 Å². The molecule has 0 unspecified atom stereocenters. The molecule has 2 heterocycles. The minimum absolute atomic E-state index is 0.118. The van der Waals surface area contributed by atoms with Gasteiger partial charge in [0, 0.05) is 0 Å². The fraction of sp³-hybridized carbons (Fsp3) is 0.400. The summed E-state index contributed by atoms with van der Waals surface area (Å²) in [5.41, 5.74) is 0.961. The molecule has 2 aromatic rings. The third-order valence-electron chi connectivity index (χ3n) is 3.64. The highest BCUT2D eigenvalue weighted by Gasteiger charge is 2.20. The van der Waals surface area contributed by atoms with Gasteiger partial charge < -0.3 is 14.8 Å². The van der Waals surface area contributed by atoms with Gasteiger partial charge in [-0.25, -0.2) is 9.67 Å². The lowest BCUT2D eigenvalue weighted by atomic mass is 10.1. The third kappa shape index (κ3) is 2.88.